The van der Waals surface area contributed by atoms with Gasteiger partial charge >= 0.3 is 17.1 Å². The Hall–Kier alpha value is 0.359. The molecule has 0 aromatic heterocycles. The number of hydrogen-bond acceptors (Lipinski definition) is 4. The third-order valence-corrected chi connectivity index (χ3v) is 0.986. The van der Waals surface area contributed by atoms with E-state index in [1.54, 1.807) is 14.2 Å². The van der Waals surface area contributed by atoms with Gasteiger partial charge in [0.15, 0.2) is 0 Å². The molecule has 0 aliphatic rings. The summed E-state index contributed by atoms with van der Waals surface area (Å²) >= 11 is 0. The molecular weight excluding hydrogens is 215 g/mol. The Bertz CT molecular complexity index is 48.1. The van der Waals surface area contributed by atoms with Gasteiger partial charge in [-0.1, -0.05) is 0 Å². The van der Waals surface area contributed by atoms with Gasteiger partial charge in [0.1, 0.15) is 0 Å². The third-order valence-electron chi connectivity index (χ3n) is 0.986. The second kappa shape index (κ2) is 22.8. The molecule has 0 heterocycles. The molecule has 0 amide bonds. The minimum atomic E-state index is -0.0200. The van der Waals surface area contributed by atoms with Gasteiger partial charge in [-0.25, -0.2) is 0 Å². The monoisotopic (exact) mass is 233 g/mol. The minimum Gasteiger partial charge on any atom is -0.854 e. The van der Waals surface area contributed by atoms with Crippen molar-refractivity contribution in [3.63, 3.8) is 0 Å². The molecule has 0 saturated carbocycles. The van der Waals surface area contributed by atoms with Crippen molar-refractivity contribution >= 4 is 0 Å². The second-order valence-corrected chi connectivity index (χ2v) is 2.10. The van der Waals surface area contributed by atoms with Crippen LogP contribution in [0.4, 0.5) is 0 Å². The van der Waals surface area contributed by atoms with Gasteiger partial charge in [-0.05, 0) is 12.8 Å². The predicted molar refractivity (Wildman–Crippen MR) is 42.7 cm³/mol. The second-order valence-electron chi connectivity index (χ2n) is 2.10. The van der Waals surface area contributed by atoms with Crippen molar-refractivity contribution in [3.8, 4) is 0 Å². The van der Waals surface area contributed by atoms with E-state index in [0.29, 0.717) is 26.1 Å². The molecule has 1 radical (unpaired) electrons. The van der Waals surface area contributed by atoms with Gasteiger partial charge in [0, 0.05) is 27.4 Å². The Balaban J connectivity index is -0.000000143. The number of methoxy groups -OCH3 is 2. The summed E-state index contributed by atoms with van der Waals surface area (Å²) < 4.78 is 9.16. The van der Waals surface area contributed by atoms with Crippen LogP contribution in [0.2, 0.25) is 0 Å². The van der Waals surface area contributed by atoms with Crippen LogP contribution >= 0.6 is 0 Å². The summed E-state index contributed by atoms with van der Waals surface area (Å²) in [6, 6.07) is 0. The molecule has 81 valence electrons. The van der Waals surface area contributed by atoms with Crippen molar-refractivity contribution in [2.45, 2.75) is 12.8 Å². The maximum atomic E-state index is 9.61. The molecule has 0 aliphatic carbocycles. The van der Waals surface area contributed by atoms with Crippen molar-refractivity contribution in [2.24, 2.45) is 0 Å². The summed E-state index contributed by atoms with van der Waals surface area (Å²) in [7, 11) is 3.19. The molecule has 0 rings (SSSR count). The molecule has 0 spiro atoms. The van der Waals surface area contributed by atoms with Crippen molar-refractivity contribution in [2.75, 3.05) is 40.6 Å². The van der Waals surface area contributed by atoms with Crippen molar-refractivity contribution in [1.29, 1.82) is 0 Å². The van der Waals surface area contributed by atoms with E-state index < -0.39 is 0 Å². The molecule has 0 N–H and O–H groups in total. The summed E-state index contributed by atoms with van der Waals surface area (Å²) in [5.74, 6) is 0. The fraction of sp³-hybridized carbons (Fsp3) is 1.00. The Kier molecular flexibility index (Phi) is 33.4. The van der Waals surface area contributed by atoms with E-state index in [0.717, 1.165) is 0 Å². The molecule has 5 heteroatoms. The van der Waals surface area contributed by atoms with Crippen LogP contribution in [0.25, 0.3) is 0 Å². The van der Waals surface area contributed by atoms with E-state index in [4.69, 9.17) is 0 Å². The summed E-state index contributed by atoms with van der Waals surface area (Å²) in [4.78, 5) is 0. The van der Waals surface area contributed by atoms with Crippen LogP contribution in [-0.4, -0.2) is 40.6 Å². The Labute approximate surface area is 90.7 Å². The Morgan fingerprint density at radius 2 is 1.15 bits per heavy atom. The van der Waals surface area contributed by atoms with E-state index in [9.17, 15) is 10.2 Å². The first-order valence-corrected chi connectivity index (χ1v) is 3.97. The molecule has 0 atom stereocenters. The molecule has 0 fully saturated rings. The van der Waals surface area contributed by atoms with E-state index in [1.165, 1.54) is 0 Å². The Morgan fingerprint density at radius 1 is 0.846 bits per heavy atom. The van der Waals surface area contributed by atoms with Gasteiger partial charge in [0.25, 0.3) is 0 Å². The summed E-state index contributed by atoms with van der Waals surface area (Å²) in [6.07, 6.45) is 1.27. The molecule has 0 saturated heterocycles. The maximum absolute atomic E-state index is 9.61. The Morgan fingerprint density at radius 3 is 1.23 bits per heavy atom. The van der Waals surface area contributed by atoms with Crippen molar-refractivity contribution in [1.82, 2.24) is 0 Å². The fourth-order valence-electron chi connectivity index (χ4n) is 0.407. The minimum absolute atomic E-state index is 0. The van der Waals surface area contributed by atoms with Crippen molar-refractivity contribution < 1.29 is 36.8 Å². The first-order valence-electron chi connectivity index (χ1n) is 3.97. The van der Waals surface area contributed by atoms with Crippen molar-refractivity contribution in [3.05, 3.63) is 0 Å². The summed E-state index contributed by atoms with van der Waals surface area (Å²) in [5, 5.41) is 19.2. The van der Waals surface area contributed by atoms with Gasteiger partial charge in [-0.2, -0.15) is 0 Å². The van der Waals surface area contributed by atoms with Crippen LogP contribution in [0.15, 0.2) is 0 Å². The van der Waals surface area contributed by atoms with Gasteiger partial charge in [0.05, 0.1) is 0 Å². The quantitative estimate of drug-likeness (QED) is 0.425. The maximum Gasteiger partial charge on any atom is 2.00 e. The van der Waals surface area contributed by atoms with E-state index in [-0.39, 0.29) is 30.3 Å². The zero-order chi connectivity index (χ0) is 9.66. The summed E-state index contributed by atoms with van der Waals surface area (Å²) in [5.41, 5.74) is 0. The molecule has 0 unspecified atom stereocenters. The van der Waals surface area contributed by atoms with Gasteiger partial charge in [-0.15, -0.1) is 13.2 Å². The average Bonchev–Trinajstić information content (AvgIpc) is 2.12. The van der Waals surface area contributed by atoms with E-state index in [1.807, 2.05) is 0 Å². The fourth-order valence-corrected chi connectivity index (χ4v) is 0.407. The van der Waals surface area contributed by atoms with E-state index >= 15 is 0 Å². The zero-order valence-corrected chi connectivity index (χ0v) is 9.43. The first-order chi connectivity index (χ1) is 5.83. The largest absolute Gasteiger partial charge is 2.00 e. The standard InChI is InChI=1S/2C4H9O2.Mn/c2*1-6-4-2-3-5;/h2*2-4H2,1H3;/q2*-1;+2. The molecule has 0 bridgehead atoms. The SMILES string of the molecule is COCCC[O-].COCCC[O-].[Mn+2]. The van der Waals surface area contributed by atoms with Crippen LogP contribution in [0.3, 0.4) is 0 Å². The van der Waals surface area contributed by atoms with Crippen LogP contribution in [0, 0.1) is 0 Å². The molecule has 0 aromatic rings. The third kappa shape index (κ3) is 32.8. The molecule has 0 aromatic carbocycles. The zero-order valence-electron chi connectivity index (χ0n) is 8.25. The molecular formula is C8H18MnO4. The summed E-state index contributed by atoms with van der Waals surface area (Å²) in [6.45, 7) is 1.16. The van der Waals surface area contributed by atoms with Crippen LogP contribution < -0.4 is 10.2 Å². The molecule has 13 heavy (non-hydrogen) atoms. The van der Waals surface area contributed by atoms with Gasteiger partial charge in [-0.3, -0.25) is 0 Å². The predicted octanol–water partition coefficient (Wildman–Crippen LogP) is -1.24. The van der Waals surface area contributed by atoms with Crippen LogP contribution in [0.1, 0.15) is 12.8 Å². The number of hydrogen-bond donors (Lipinski definition) is 0. The normalized spacial score (nSPS) is 8.31. The van der Waals surface area contributed by atoms with Gasteiger partial charge in [0.2, 0.25) is 0 Å². The smallest absolute Gasteiger partial charge is 0.854 e. The first kappa shape index (κ1) is 19.0. The number of rotatable bonds is 6. The van der Waals surface area contributed by atoms with Crippen LogP contribution in [-0.2, 0) is 26.5 Å². The van der Waals surface area contributed by atoms with Crippen LogP contribution in [0.5, 0.6) is 0 Å². The van der Waals surface area contributed by atoms with Gasteiger partial charge < -0.3 is 19.7 Å². The average molecular weight is 233 g/mol. The topological polar surface area (TPSA) is 64.6 Å². The number of ether oxygens (including phenoxy) is 2. The van der Waals surface area contributed by atoms with E-state index in [2.05, 4.69) is 9.47 Å². The molecule has 0 aliphatic heterocycles. The molecule has 4 nitrogen and oxygen atoms in total.